The van der Waals surface area contributed by atoms with Gasteiger partial charge in [-0.25, -0.2) is 0 Å². The molecule has 0 saturated carbocycles. The zero-order valence-corrected chi connectivity index (χ0v) is 17.8. The topological polar surface area (TPSA) is 107 Å². The fraction of sp³-hybridized carbons (Fsp3) is 0.160. The van der Waals surface area contributed by atoms with Crippen molar-refractivity contribution in [2.45, 2.75) is 6.04 Å². The summed E-state index contributed by atoms with van der Waals surface area (Å²) in [4.78, 5) is 31.9. The Morgan fingerprint density at radius 3 is 2.35 bits per heavy atom. The molecule has 3 aliphatic heterocycles. The van der Waals surface area contributed by atoms with E-state index in [0.717, 1.165) is 0 Å². The minimum absolute atomic E-state index is 0.0365. The van der Waals surface area contributed by atoms with E-state index in [2.05, 4.69) is 4.98 Å². The normalized spacial score (nSPS) is 20.0. The Morgan fingerprint density at radius 1 is 0.853 bits per heavy atom. The van der Waals surface area contributed by atoms with Gasteiger partial charge < -0.3 is 24.1 Å². The zero-order chi connectivity index (χ0) is 23.2. The quantitative estimate of drug-likeness (QED) is 0.362. The molecular weight excluding hydrogens is 440 g/mol. The van der Waals surface area contributed by atoms with Gasteiger partial charge in [-0.3, -0.25) is 19.5 Å². The van der Waals surface area contributed by atoms with Crippen LogP contribution in [0.1, 0.15) is 17.2 Å². The number of benzene rings is 2. The highest BCUT2D eigenvalue weighted by atomic mass is 16.7. The summed E-state index contributed by atoms with van der Waals surface area (Å²) in [5.74, 6) is 0.166. The fourth-order valence-electron chi connectivity index (χ4n) is 4.34. The number of carbonyl (C=O) groups is 2. The van der Waals surface area contributed by atoms with Crippen LogP contribution in [0.25, 0.3) is 5.76 Å². The molecule has 6 rings (SSSR count). The second-order valence-electron chi connectivity index (χ2n) is 7.85. The van der Waals surface area contributed by atoms with Crippen LogP contribution >= 0.6 is 0 Å². The Kier molecular flexibility index (Phi) is 4.61. The predicted molar refractivity (Wildman–Crippen MR) is 119 cm³/mol. The van der Waals surface area contributed by atoms with Crippen molar-refractivity contribution < 1.29 is 33.6 Å². The molecule has 1 saturated heterocycles. The highest BCUT2D eigenvalue weighted by Crippen LogP contribution is 2.45. The van der Waals surface area contributed by atoms with Crippen molar-refractivity contribution in [2.75, 3.05) is 24.9 Å². The lowest BCUT2D eigenvalue weighted by molar-refractivity contribution is -0.132. The number of carbonyl (C=O) groups excluding carboxylic acids is 2. The number of rotatable bonds is 3. The summed E-state index contributed by atoms with van der Waals surface area (Å²) in [6, 6.07) is 12.4. The molecule has 4 heterocycles. The third-order valence-electron chi connectivity index (χ3n) is 5.92. The molecule has 1 N–H and O–H groups in total. The van der Waals surface area contributed by atoms with E-state index in [1.54, 1.807) is 60.9 Å². The van der Waals surface area contributed by atoms with Crippen molar-refractivity contribution in [1.29, 1.82) is 0 Å². The van der Waals surface area contributed by atoms with Gasteiger partial charge in [0, 0.05) is 29.7 Å². The molecule has 1 unspecified atom stereocenters. The maximum absolute atomic E-state index is 13.3. The Labute approximate surface area is 193 Å². The average molecular weight is 458 g/mol. The van der Waals surface area contributed by atoms with Gasteiger partial charge in [0.2, 0.25) is 6.79 Å². The van der Waals surface area contributed by atoms with Crippen molar-refractivity contribution in [3.63, 3.8) is 0 Å². The number of ketones is 1. The van der Waals surface area contributed by atoms with Crippen molar-refractivity contribution >= 4 is 23.1 Å². The minimum atomic E-state index is -0.878. The van der Waals surface area contributed by atoms with Crippen LogP contribution in [0.5, 0.6) is 23.0 Å². The number of nitrogens with zero attached hydrogens (tertiary/aromatic N) is 2. The lowest BCUT2D eigenvalue weighted by atomic mass is 9.95. The first-order chi connectivity index (χ1) is 16.6. The molecule has 1 fully saturated rings. The Bertz CT molecular complexity index is 1350. The maximum atomic E-state index is 13.3. The van der Waals surface area contributed by atoms with Gasteiger partial charge in [-0.05, 0) is 48.0 Å². The molecule has 2 aromatic carbocycles. The molecule has 1 aromatic heterocycles. The van der Waals surface area contributed by atoms with Gasteiger partial charge in [-0.2, -0.15) is 0 Å². The number of aliphatic hydroxyl groups is 1. The summed E-state index contributed by atoms with van der Waals surface area (Å²) in [5, 5.41) is 11.3. The molecular formula is C25H18N2O7. The Morgan fingerprint density at radius 2 is 1.53 bits per heavy atom. The van der Waals surface area contributed by atoms with E-state index in [4.69, 9.17) is 18.9 Å². The molecule has 1 atom stereocenters. The zero-order valence-electron chi connectivity index (χ0n) is 17.8. The van der Waals surface area contributed by atoms with Gasteiger partial charge in [0.15, 0.2) is 23.0 Å². The molecule has 9 nitrogen and oxygen atoms in total. The van der Waals surface area contributed by atoms with E-state index in [9.17, 15) is 14.7 Å². The van der Waals surface area contributed by atoms with Crippen LogP contribution in [0.4, 0.5) is 5.69 Å². The van der Waals surface area contributed by atoms with Gasteiger partial charge in [0.25, 0.3) is 11.7 Å². The predicted octanol–water partition coefficient (Wildman–Crippen LogP) is 3.21. The summed E-state index contributed by atoms with van der Waals surface area (Å²) in [5.41, 5.74) is 1.36. The number of fused-ring (bicyclic) bond motifs is 2. The number of aliphatic hydroxyl groups excluding tert-OH is 1. The van der Waals surface area contributed by atoms with Crippen molar-refractivity contribution in [3.8, 4) is 23.0 Å². The molecule has 0 aliphatic carbocycles. The number of Topliss-reactive ketones (excluding diaryl/α,β-unsaturated/α-hetero) is 1. The van der Waals surface area contributed by atoms with Crippen molar-refractivity contribution in [1.82, 2.24) is 4.98 Å². The number of hydrogen-bond acceptors (Lipinski definition) is 8. The van der Waals surface area contributed by atoms with Crippen LogP contribution in [0.15, 0.2) is 66.5 Å². The number of amides is 1. The summed E-state index contributed by atoms with van der Waals surface area (Å²) in [7, 11) is 0. The van der Waals surface area contributed by atoms with Gasteiger partial charge in [-0.1, -0.05) is 0 Å². The third-order valence-corrected chi connectivity index (χ3v) is 5.92. The fourth-order valence-corrected chi connectivity index (χ4v) is 4.34. The van der Waals surface area contributed by atoms with Gasteiger partial charge in [0.1, 0.15) is 19.0 Å². The molecule has 3 aliphatic rings. The SMILES string of the molecule is O=C1C(=O)N(c2ccc3c(c2)OCO3)C(c2ccncc2)/C1=C(/O)c1ccc2c(c1)OCCO2. The first-order valence-electron chi connectivity index (χ1n) is 10.6. The van der Waals surface area contributed by atoms with Crippen LogP contribution in [0.3, 0.4) is 0 Å². The van der Waals surface area contributed by atoms with Crippen LogP contribution in [0.2, 0.25) is 0 Å². The molecule has 1 amide bonds. The summed E-state index contributed by atoms with van der Waals surface area (Å²) in [6.07, 6.45) is 3.14. The van der Waals surface area contributed by atoms with E-state index in [-0.39, 0.29) is 18.1 Å². The second-order valence-corrected chi connectivity index (χ2v) is 7.85. The lowest BCUT2D eigenvalue weighted by Crippen LogP contribution is -2.29. The minimum Gasteiger partial charge on any atom is -0.507 e. The molecule has 0 radical (unpaired) electrons. The monoisotopic (exact) mass is 458 g/mol. The Hall–Kier alpha value is -4.53. The maximum Gasteiger partial charge on any atom is 0.300 e. The lowest BCUT2D eigenvalue weighted by Gasteiger charge is -2.25. The van der Waals surface area contributed by atoms with Gasteiger partial charge in [-0.15, -0.1) is 0 Å². The number of ether oxygens (including phenoxy) is 4. The van der Waals surface area contributed by atoms with Crippen LogP contribution in [-0.4, -0.2) is 41.8 Å². The summed E-state index contributed by atoms with van der Waals surface area (Å²) in [6.45, 7) is 0.888. The third kappa shape index (κ3) is 3.13. The van der Waals surface area contributed by atoms with E-state index in [1.165, 1.54) is 4.90 Å². The smallest absolute Gasteiger partial charge is 0.300 e. The number of hydrogen-bond donors (Lipinski definition) is 1. The van der Waals surface area contributed by atoms with E-state index in [0.29, 0.717) is 53.0 Å². The summed E-state index contributed by atoms with van der Waals surface area (Å²) >= 11 is 0. The van der Waals surface area contributed by atoms with E-state index >= 15 is 0 Å². The van der Waals surface area contributed by atoms with Gasteiger partial charge in [0.05, 0.1) is 11.6 Å². The average Bonchev–Trinajstić information content (AvgIpc) is 3.45. The molecule has 0 spiro atoms. The number of aromatic nitrogens is 1. The van der Waals surface area contributed by atoms with Crippen molar-refractivity contribution in [2.24, 2.45) is 0 Å². The highest BCUT2D eigenvalue weighted by Gasteiger charge is 2.47. The van der Waals surface area contributed by atoms with Crippen LogP contribution in [-0.2, 0) is 9.59 Å². The Balaban J connectivity index is 1.51. The van der Waals surface area contributed by atoms with Crippen molar-refractivity contribution in [3.05, 3.63) is 77.6 Å². The van der Waals surface area contributed by atoms with Crippen LogP contribution in [0, 0.1) is 0 Å². The summed E-state index contributed by atoms with van der Waals surface area (Å²) < 4.78 is 22.0. The molecule has 3 aromatic rings. The van der Waals surface area contributed by atoms with E-state index in [1.807, 2.05) is 0 Å². The second kappa shape index (κ2) is 7.80. The number of anilines is 1. The largest absolute Gasteiger partial charge is 0.507 e. The van der Waals surface area contributed by atoms with E-state index < -0.39 is 17.7 Å². The van der Waals surface area contributed by atoms with Gasteiger partial charge >= 0.3 is 0 Å². The standard InChI is InChI=1S/C25H18N2O7/c28-23(15-1-3-17-19(11-15)32-10-9-31-17)21-22(14-5-7-26-8-6-14)27(25(30)24(21)29)16-2-4-18-20(12-16)34-13-33-18/h1-8,11-12,22,28H,9-10,13H2/b23-21-. The molecule has 170 valence electrons. The number of pyridine rings is 1. The molecule has 34 heavy (non-hydrogen) atoms. The first-order valence-corrected chi connectivity index (χ1v) is 10.6. The molecule has 0 bridgehead atoms. The highest BCUT2D eigenvalue weighted by molar-refractivity contribution is 6.51. The molecule has 9 heteroatoms. The first kappa shape index (κ1) is 20.1. The van der Waals surface area contributed by atoms with Crippen LogP contribution < -0.4 is 23.8 Å².